The van der Waals surface area contributed by atoms with E-state index in [1.54, 1.807) is 4.90 Å². The van der Waals surface area contributed by atoms with E-state index in [0.29, 0.717) is 19.5 Å². The van der Waals surface area contributed by atoms with E-state index < -0.39 is 6.10 Å². The standard InChI is InChI=1S/C38H77NO3/c1-3-5-7-9-11-13-15-17-19-21-23-25-27-29-31-33-38(42)39(34-35-40)36-37(41)32-30-28-26-24-22-20-18-16-14-12-10-8-6-4-2/h37,40-41H,3-36H2,1-2H3. The molecule has 0 saturated carbocycles. The minimum absolute atomic E-state index is 0.0316. The minimum Gasteiger partial charge on any atom is -0.395 e. The maximum Gasteiger partial charge on any atom is 0.222 e. The Hall–Kier alpha value is -0.610. The van der Waals surface area contributed by atoms with Gasteiger partial charge in [-0.05, 0) is 12.8 Å². The summed E-state index contributed by atoms with van der Waals surface area (Å²) in [6, 6.07) is 0. The maximum absolute atomic E-state index is 12.7. The molecule has 1 unspecified atom stereocenters. The molecular weight excluding hydrogens is 518 g/mol. The first-order valence-electron chi connectivity index (χ1n) is 19.2. The molecule has 0 aliphatic rings. The van der Waals surface area contributed by atoms with Crippen molar-refractivity contribution in [2.75, 3.05) is 19.7 Å². The van der Waals surface area contributed by atoms with Gasteiger partial charge in [-0.1, -0.05) is 194 Å². The summed E-state index contributed by atoms with van der Waals surface area (Å²) >= 11 is 0. The lowest BCUT2D eigenvalue weighted by molar-refractivity contribution is -0.133. The highest BCUT2D eigenvalue weighted by atomic mass is 16.3. The molecule has 2 N–H and O–H groups in total. The van der Waals surface area contributed by atoms with Crippen molar-refractivity contribution in [3.63, 3.8) is 0 Å². The summed E-state index contributed by atoms with van der Waals surface area (Å²) in [5.41, 5.74) is 0. The number of amides is 1. The van der Waals surface area contributed by atoms with Gasteiger partial charge in [-0.15, -0.1) is 0 Å². The summed E-state index contributed by atoms with van der Waals surface area (Å²) in [6.45, 7) is 5.24. The second-order valence-corrected chi connectivity index (χ2v) is 13.3. The molecule has 4 heteroatoms. The third kappa shape index (κ3) is 30.8. The van der Waals surface area contributed by atoms with Crippen molar-refractivity contribution in [3.05, 3.63) is 0 Å². The number of carbonyl (C=O) groups is 1. The van der Waals surface area contributed by atoms with E-state index in [4.69, 9.17) is 0 Å². The Morgan fingerprint density at radius 2 is 0.810 bits per heavy atom. The lowest BCUT2D eigenvalue weighted by Gasteiger charge is -2.25. The fourth-order valence-electron chi connectivity index (χ4n) is 6.16. The predicted octanol–water partition coefficient (Wildman–Crippen LogP) is 11.3. The second kappa shape index (κ2) is 34.9. The molecule has 0 aromatic rings. The number of hydrogen-bond donors (Lipinski definition) is 2. The number of aliphatic hydroxyl groups is 2. The molecule has 0 aromatic heterocycles. The number of rotatable bonds is 35. The Morgan fingerprint density at radius 1 is 0.500 bits per heavy atom. The molecule has 0 bridgehead atoms. The van der Waals surface area contributed by atoms with Gasteiger partial charge in [0.15, 0.2) is 0 Å². The summed E-state index contributed by atoms with van der Waals surface area (Å²) < 4.78 is 0. The largest absolute Gasteiger partial charge is 0.395 e. The molecule has 1 atom stereocenters. The summed E-state index contributed by atoms with van der Waals surface area (Å²) in [4.78, 5) is 14.4. The molecule has 0 saturated heterocycles. The highest BCUT2D eigenvalue weighted by molar-refractivity contribution is 5.76. The van der Waals surface area contributed by atoms with Crippen LogP contribution in [-0.4, -0.2) is 46.8 Å². The van der Waals surface area contributed by atoms with E-state index >= 15 is 0 Å². The molecule has 0 spiro atoms. The van der Waals surface area contributed by atoms with E-state index in [9.17, 15) is 15.0 Å². The van der Waals surface area contributed by atoms with E-state index in [2.05, 4.69) is 13.8 Å². The van der Waals surface area contributed by atoms with E-state index in [1.165, 1.54) is 167 Å². The highest BCUT2D eigenvalue weighted by Crippen LogP contribution is 2.16. The normalized spacial score (nSPS) is 12.2. The molecule has 0 aliphatic carbocycles. The van der Waals surface area contributed by atoms with Crippen LogP contribution in [-0.2, 0) is 4.79 Å². The Morgan fingerprint density at radius 3 is 1.14 bits per heavy atom. The van der Waals surface area contributed by atoms with Gasteiger partial charge in [0.1, 0.15) is 0 Å². The average molecular weight is 596 g/mol. The second-order valence-electron chi connectivity index (χ2n) is 13.3. The highest BCUT2D eigenvalue weighted by Gasteiger charge is 2.16. The molecule has 1 amide bonds. The van der Waals surface area contributed by atoms with Crippen LogP contribution in [0.2, 0.25) is 0 Å². The van der Waals surface area contributed by atoms with Gasteiger partial charge in [-0.25, -0.2) is 0 Å². The van der Waals surface area contributed by atoms with Gasteiger partial charge in [0.05, 0.1) is 12.7 Å². The smallest absolute Gasteiger partial charge is 0.222 e. The van der Waals surface area contributed by atoms with Crippen LogP contribution in [0.15, 0.2) is 0 Å². The first-order valence-corrected chi connectivity index (χ1v) is 19.2. The first-order chi connectivity index (χ1) is 20.7. The van der Waals surface area contributed by atoms with Crippen LogP contribution in [0.1, 0.15) is 213 Å². The quantitative estimate of drug-likeness (QED) is 0.0716. The molecule has 0 heterocycles. The number of unbranched alkanes of at least 4 members (excludes halogenated alkanes) is 27. The Balaban J connectivity index is 3.63. The number of carbonyl (C=O) groups excluding carboxylic acids is 1. The Labute approximate surface area is 264 Å². The van der Waals surface area contributed by atoms with Gasteiger partial charge in [-0.2, -0.15) is 0 Å². The molecule has 0 fully saturated rings. The van der Waals surface area contributed by atoms with Crippen molar-refractivity contribution >= 4 is 5.91 Å². The summed E-state index contributed by atoms with van der Waals surface area (Å²) in [5, 5.41) is 19.9. The van der Waals surface area contributed by atoms with Crippen LogP contribution in [0.4, 0.5) is 0 Å². The van der Waals surface area contributed by atoms with Gasteiger partial charge in [0.2, 0.25) is 5.91 Å². The van der Waals surface area contributed by atoms with E-state index in [0.717, 1.165) is 25.7 Å². The molecule has 0 aromatic carbocycles. The van der Waals surface area contributed by atoms with Gasteiger partial charge in [0.25, 0.3) is 0 Å². The molecule has 4 nitrogen and oxygen atoms in total. The molecule has 0 aliphatic heterocycles. The summed E-state index contributed by atoms with van der Waals surface area (Å²) in [5.74, 6) is 0.0961. The van der Waals surface area contributed by atoms with Gasteiger partial charge in [-0.3, -0.25) is 4.79 Å². The van der Waals surface area contributed by atoms with Gasteiger partial charge < -0.3 is 15.1 Å². The van der Waals surface area contributed by atoms with Crippen LogP contribution >= 0.6 is 0 Å². The van der Waals surface area contributed by atoms with Crippen LogP contribution in [0, 0.1) is 0 Å². The molecule has 42 heavy (non-hydrogen) atoms. The van der Waals surface area contributed by atoms with Crippen LogP contribution < -0.4 is 0 Å². The van der Waals surface area contributed by atoms with Gasteiger partial charge >= 0.3 is 0 Å². The monoisotopic (exact) mass is 596 g/mol. The lowest BCUT2D eigenvalue weighted by atomic mass is 10.0. The van der Waals surface area contributed by atoms with Crippen molar-refractivity contribution in [1.29, 1.82) is 0 Å². The number of aliphatic hydroxyl groups excluding tert-OH is 2. The van der Waals surface area contributed by atoms with Crippen molar-refractivity contribution in [2.24, 2.45) is 0 Å². The number of nitrogens with zero attached hydrogens (tertiary/aromatic N) is 1. The Kier molecular flexibility index (Phi) is 34.4. The average Bonchev–Trinajstić information content (AvgIpc) is 2.99. The first kappa shape index (κ1) is 41.4. The van der Waals surface area contributed by atoms with Crippen LogP contribution in [0.25, 0.3) is 0 Å². The van der Waals surface area contributed by atoms with Crippen molar-refractivity contribution in [1.82, 2.24) is 4.90 Å². The topological polar surface area (TPSA) is 60.8 Å². The molecule has 252 valence electrons. The fourth-order valence-corrected chi connectivity index (χ4v) is 6.16. The zero-order valence-corrected chi connectivity index (χ0v) is 28.9. The SMILES string of the molecule is CCCCCCCCCCCCCCCCCC(=O)N(CCO)CC(O)CCCCCCCCCCCCCCCC. The van der Waals surface area contributed by atoms with Crippen LogP contribution in [0.5, 0.6) is 0 Å². The van der Waals surface area contributed by atoms with E-state index in [1.807, 2.05) is 0 Å². The zero-order chi connectivity index (χ0) is 30.8. The molecule has 0 radical (unpaired) electrons. The predicted molar refractivity (Wildman–Crippen MR) is 184 cm³/mol. The molecular formula is C38H77NO3. The van der Waals surface area contributed by atoms with Crippen molar-refractivity contribution in [2.45, 2.75) is 219 Å². The van der Waals surface area contributed by atoms with Crippen molar-refractivity contribution < 1.29 is 15.0 Å². The van der Waals surface area contributed by atoms with Gasteiger partial charge in [0, 0.05) is 19.5 Å². The molecule has 0 rings (SSSR count). The Bertz CT molecular complexity index is 526. The number of hydrogen-bond acceptors (Lipinski definition) is 3. The fraction of sp³-hybridized carbons (Fsp3) is 0.974. The van der Waals surface area contributed by atoms with E-state index in [-0.39, 0.29) is 12.5 Å². The van der Waals surface area contributed by atoms with Crippen LogP contribution in [0.3, 0.4) is 0 Å². The summed E-state index contributed by atoms with van der Waals surface area (Å²) in [7, 11) is 0. The zero-order valence-electron chi connectivity index (χ0n) is 28.9. The lowest BCUT2D eigenvalue weighted by Crippen LogP contribution is -2.39. The minimum atomic E-state index is -0.473. The third-order valence-electron chi connectivity index (χ3n) is 9.04. The third-order valence-corrected chi connectivity index (χ3v) is 9.04. The summed E-state index contributed by atoms with van der Waals surface area (Å²) in [6.07, 6.45) is 39.3. The van der Waals surface area contributed by atoms with Crippen molar-refractivity contribution in [3.8, 4) is 0 Å². The maximum atomic E-state index is 12.7.